The van der Waals surface area contributed by atoms with Crippen LogP contribution in [-0.2, 0) is 9.53 Å². The molecule has 0 aromatic heterocycles. The van der Waals surface area contributed by atoms with Gasteiger partial charge in [-0.05, 0) is 31.6 Å². The topological polar surface area (TPSA) is 38.3 Å². The number of hydrogen-bond acceptors (Lipinski definition) is 2. The van der Waals surface area contributed by atoms with E-state index < -0.39 is 0 Å². The summed E-state index contributed by atoms with van der Waals surface area (Å²) in [6.45, 7) is 1.67. The predicted molar refractivity (Wildman–Crippen MR) is 47.1 cm³/mol. The van der Waals surface area contributed by atoms with Gasteiger partial charge in [-0.25, -0.2) is 0 Å². The van der Waals surface area contributed by atoms with Crippen molar-refractivity contribution in [2.45, 2.75) is 31.3 Å². The van der Waals surface area contributed by atoms with Crippen LogP contribution in [0.1, 0.15) is 25.7 Å². The van der Waals surface area contributed by atoms with Crippen LogP contribution in [0.25, 0.3) is 0 Å². The summed E-state index contributed by atoms with van der Waals surface area (Å²) >= 11 is 0. The molecule has 3 heteroatoms. The maximum atomic E-state index is 11.5. The monoisotopic (exact) mass is 181 g/mol. The van der Waals surface area contributed by atoms with E-state index in [0.29, 0.717) is 5.92 Å². The summed E-state index contributed by atoms with van der Waals surface area (Å²) in [5, 5.41) is 2.92. The van der Waals surface area contributed by atoms with Crippen LogP contribution in [0.4, 0.5) is 0 Å². The van der Waals surface area contributed by atoms with E-state index in [1.807, 2.05) is 0 Å². The minimum Gasteiger partial charge on any atom is -0.374 e. The Kier molecular flexibility index (Phi) is 1.48. The molecule has 13 heavy (non-hydrogen) atoms. The van der Waals surface area contributed by atoms with Gasteiger partial charge in [-0.2, -0.15) is 0 Å². The van der Waals surface area contributed by atoms with Crippen molar-refractivity contribution in [3.8, 4) is 0 Å². The van der Waals surface area contributed by atoms with E-state index in [4.69, 9.17) is 4.74 Å². The average Bonchev–Trinajstić information content (AvgIpc) is 2.07. The molecular formula is C10H15NO2. The molecule has 3 fully saturated rings. The van der Waals surface area contributed by atoms with Gasteiger partial charge in [-0.15, -0.1) is 0 Å². The third-order valence-corrected chi connectivity index (χ3v) is 4.00. The summed E-state index contributed by atoms with van der Waals surface area (Å²) in [6, 6.07) is 0. The second kappa shape index (κ2) is 2.47. The first-order valence-corrected chi connectivity index (χ1v) is 5.24. The van der Waals surface area contributed by atoms with E-state index >= 15 is 0 Å². The first-order chi connectivity index (χ1) is 6.33. The molecule has 2 aliphatic heterocycles. The van der Waals surface area contributed by atoms with Crippen molar-refractivity contribution >= 4 is 5.91 Å². The Morgan fingerprint density at radius 1 is 1.54 bits per heavy atom. The number of ether oxygens (including phenoxy) is 1. The van der Waals surface area contributed by atoms with Gasteiger partial charge in [-0.3, -0.25) is 4.79 Å². The lowest BCUT2D eigenvalue weighted by Crippen LogP contribution is -2.67. The van der Waals surface area contributed by atoms with Gasteiger partial charge < -0.3 is 10.1 Å². The number of carbonyl (C=O) groups excluding carboxylic acids is 1. The van der Waals surface area contributed by atoms with Crippen LogP contribution in [-0.4, -0.2) is 24.7 Å². The second-order valence-corrected chi connectivity index (χ2v) is 4.47. The minimum absolute atomic E-state index is 0.0272. The highest BCUT2D eigenvalue weighted by molar-refractivity contribution is 5.82. The summed E-state index contributed by atoms with van der Waals surface area (Å²) in [6.07, 6.45) is 4.55. The van der Waals surface area contributed by atoms with Crippen LogP contribution in [0.3, 0.4) is 0 Å². The largest absolute Gasteiger partial charge is 0.374 e. The minimum atomic E-state index is -0.0272. The summed E-state index contributed by atoms with van der Waals surface area (Å²) in [7, 11) is 0. The zero-order valence-corrected chi connectivity index (χ0v) is 7.71. The van der Waals surface area contributed by atoms with E-state index in [0.717, 1.165) is 26.0 Å². The molecule has 1 spiro atoms. The summed E-state index contributed by atoms with van der Waals surface area (Å²) in [5.41, 5.74) is -0.0272. The Labute approximate surface area is 77.8 Å². The number of piperidine rings is 1. The Hall–Kier alpha value is -0.570. The zero-order valence-electron chi connectivity index (χ0n) is 7.71. The first-order valence-electron chi connectivity index (χ1n) is 5.24. The number of rotatable bonds is 0. The van der Waals surface area contributed by atoms with Gasteiger partial charge in [0.1, 0.15) is 0 Å². The Morgan fingerprint density at radius 3 is 3.31 bits per heavy atom. The van der Waals surface area contributed by atoms with Gasteiger partial charge in [0.05, 0.1) is 11.5 Å². The Morgan fingerprint density at radius 2 is 2.46 bits per heavy atom. The van der Waals surface area contributed by atoms with Crippen molar-refractivity contribution < 1.29 is 9.53 Å². The second-order valence-electron chi connectivity index (χ2n) is 4.47. The van der Waals surface area contributed by atoms with Gasteiger partial charge >= 0.3 is 0 Å². The van der Waals surface area contributed by atoms with E-state index in [2.05, 4.69) is 5.32 Å². The third kappa shape index (κ3) is 0.857. The molecule has 3 unspecified atom stereocenters. The summed E-state index contributed by atoms with van der Waals surface area (Å²) in [5.74, 6) is 1.08. The van der Waals surface area contributed by atoms with Gasteiger partial charge in [0, 0.05) is 13.2 Å². The summed E-state index contributed by atoms with van der Waals surface area (Å²) < 4.78 is 5.88. The predicted octanol–water partition coefficient (Wildman–Crippen LogP) is 0.692. The summed E-state index contributed by atoms with van der Waals surface area (Å²) in [4.78, 5) is 11.5. The SMILES string of the molecule is O=C1NCCC23OCCCC2CC13. The van der Waals surface area contributed by atoms with Crippen molar-refractivity contribution in [3.63, 3.8) is 0 Å². The van der Waals surface area contributed by atoms with Crippen LogP contribution >= 0.6 is 0 Å². The molecule has 2 saturated heterocycles. The fourth-order valence-corrected chi connectivity index (χ4v) is 3.26. The number of amides is 1. The van der Waals surface area contributed by atoms with Gasteiger partial charge in [0.2, 0.25) is 5.91 Å². The highest BCUT2D eigenvalue weighted by atomic mass is 16.5. The molecule has 3 aliphatic rings. The highest BCUT2D eigenvalue weighted by Crippen LogP contribution is 2.54. The van der Waals surface area contributed by atoms with E-state index in [1.54, 1.807) is 0 Å². The normalized spacial score (nSPS) is 48.5. The lowest BCUT2D eigenvalue weighted by atomic mass is 9.55. The number of hydrogen-bond donors (Lipinski definition) is 1. The smallest absolute Gasteiger partial charge is 0.226 e. The molecule has 1 aliphatic carbocycles. The van der Waals surface area contributed by atoms with Crippen LogP contribution < -0.4 is 5.32 Å². The molecule has 1 amide bonds. The van der Waals surface area contributed by atoms with Gasteiger partial charge in [0.25, 0.3) is 0 Å². The van der Waals surface area contributed by atoms with Crippen molar-refractivity contribution in [1.82, 2.24) is 5.32 Å². The maximum absolute atomic E-state index is 11.5. The van der Waals surface area contributed by atoms with Gasteiger partial charge in [-0.1, -0.05) is 0 Å². The lowest BCUT2D eigenvalue weighted by molar-refractivity contribution is -0.227. The van der Waals surface area contributed by atoms with Crippen LogP contribution in [0.2, 0.25) is 0 Å². The fraction of sp³-hybridized carbons (Fsp3) is 0.900. The maximum Gasteiger partial charge on any atom is 0.226 e. The van der Waals surface area contributed by atoms with E-state index in [9.17, 15) is 4.79 Å². The zero-order chi connectivity index (χ0) is 8.89. The molecule has 1 saturated carbocycles. The average molecular weight is 181 g/mol. The number of nitrogens with one attached hydrogen (secondary N) is 1. The standard InChI is InChI=1S/C10H15NO2/c12-9-8-6-7-2-1-5-13-10(7,8)3-4-11-9/h7-8H,1-6H2,(H,11,12). The highest BCUT2D eigenvalue weighted by Gasteiger charge is 2.61. The van der Waals surface area contributed by atoms with E-state index in [1.165, 1.54) is 12.8 Å². The molecule has 2 heterocycles. The molecule has 72 valence electrons. The lowest BCUT2D eigenvalue weighted by Gasteiger charge is -2.59. The van der Waals surface area contributed by atoms with Crippen molar-refractivity contribution in [2.75, 3.05) is 13.2 Å². The first kappa shape index (κ1) is 7.80. The molecule has 3 nitrogen and oxygen atoms in total. The van der Waals surface area contributed by atoms with Gasteiger partial charge in [0.15, 0.2) is 0 Å². The quantitative estimate of drug-likeness (QED) is 0.597. The van der Waals surface area contributed by atoms with Crippen LogP contribution in [0.5, 0.6) is 0 Å². The molecule has 1 N–H and O–H groups in total. The molecular weight excluding hydrogens is 166 g/mol. The fourth-order valence-electron chi connectivity index (χ4n) is 3.26. The van der Waals surface area contributed by atoms with Crippen molar-refractivity contribution in [1.29, 1.82) is 0 Å². The molecule has 0 radical (unpaired) electrons. The van der Waals surface area contributed by atoms with E-state index in [-0.39, 0.29) is 17.4 Å². The number of carbonyl (C=O) groups is 1. The molecule has 0 aromatic carbocycles. The van der Waals surface area contributed by atoms with Crippen LogP contribution in [0.15, 0.2) is 0 Å². The Balaban J connectivity index is 1.87. The third-order valence-electron chi connectivity index (χ3n) is 4.00. The van der Waals surface area contributed by atoms with Crippen molar-refractivity contribution in [3.05, 3.63) is 0 Å². The van der Waals surface area contributed by atoms with Crippen LogP contribution in [0, 0.1) is 11.8 Å². The molecule has 0 aromatic rings. The Bertz CT molecular complexity index is 249. The molecule has 0 bridgehead atoms. The van der Waals surface area contributed by atoms with Crippen molar-refractivity contribution in [2.24, 2.45) is 11.8 Å². The molecule has 3 rings (SSSR count). The molecule has 3 atom stereocenters.